The van der Waals surface area contributed by atoms with Crippen molar-refractivity contribution in [3.63, 3.8) is 0 Å². The first-order chi connectivity index (χ1) is 14.3. The number of rotatable bonds is 4. The van der Waals surface area contributed by atoms with Gasteiger partial charge in [-0.1, -0.05) is 13.8 Å². The van der Waals surface area contributed by atoms with Gasteiger partial charge in [-0.15, -0.1) is 0 Å². The predicted molar refractivity (Wildman–Crippen MR) is 122 cm³/mol. The summed E-state index contributed by atoms with van der Waals surface area (Å²) in [5, 5.41) is 0. The summed E-state index contributed by atoms with van der Waals surface area (Å²) in [5.74, 6) is 1.50. The number of nitrogens with zero attached hydrogens (tertiary/aromatic N) is 4. The Kier molecular flexibility index (Phi) is 6.15. The van der Waals surface area contributed by atoms with Crippen LogP contribution in [-0.2, 0) is 0 Å². The van der Waals surface area contributed by atoms with Crippen LogP contribution in [0.4, 0.5) is 11.4 Å². The van der Waals surface area contributed by atoms with Crippen molar-refractivity contribution in [3.05, 3.63) is 58.7 Å². The van der Waals surface area contributed by atoms with Crippen LogP contribution in [-0.4, -0.2) is 61.2 Å². The first-order valence-electron chi connectivity index (χ1n) is 10.1. The van der Waals surface area contributed by atoms with E-state index >= 15 is 0 Å². The van der Waals surface area contributed by atoms with Gasteiger partial charge in [-0.2, -0.15) is 0 Å². The van der Waals surface area contributed by atoms with Gasteiger partial charge in [0, 0.05) is 63.3 Å². The van der Waals surface area contributed by atoms with Crippen molar-refractivity contribution in [1.29, 1.82) is 0 Å². The van der Waals surface area contributed by atoms with Gasteiger partial charge in [-0.25, -0.2) is 9.98 Å². The first-order valence-corrected chi connectivity index (χ1v) is 10.1. The Labute approximate surface area is 177 Å². The second-order valence-electron chi connectivity index (χ2n) is 7.67. The minimum Gasteiger partial charge on any atom is -0.366 e. The Bertz CT molecular complexity index is 979. The summed E-state index contributed by atoms with van der Waals surface area (Å²) in [6.45, 7) is 4.06. The standard InChI is InChI=1S/C24H28N4O2/c1-7-21(27(3)4)25-15-9-11-17-19(13-15)23(29)18-12-10-16(14-20(18)24(17)30)26-22(8-2)28(5)6/h9-14H,7-8H2,1-6H3. The number of hydrogen-bond donors (Lipinski definition) is 0. The third kappa shape index (κ3) is 4.03. The number of benzene rings is 2. The van der Waals surface area contributed by atoms with Crippen LogP contribution in [0, 0.1) is 0 Å². The number of ketones is 2. The van der Waals surface area contributed by atoms with E-state index in [4.69, 9.17) is 0 Å². The molecule has 0 aromatic heterocycles. The molecule has 0 unspecified atom stereocenters. The number of hydrogen-bond acceptors (Lipinski definition) is 4. The minimum atomic E-state index is -0.154. The molecular weight excluding hydrogens is 376 g/mol. The second kappa shape index (κ2) is 8.61. The predicted octanol–water partition coefficient (Wildman–Crippen LogP) is 4.47. The molecule has 0 radical (unpaired) electrons. The Morgan fingerprint density at radius 2 is 1.03 bits per heavy atom. The third-order valence-corrected chi connectivity index (χ3v) is 5.17. The molecule has 2 aromatic carbocycles. The number of fused-ring (bicyclic) bond motifs is 2. The lowest BCUT2D eigenvalue weighted by atomic mass is 9.83. The van der Waals surface area contributed by atoms with Gasteiger partial charge in [0.2, 0.25) is 0 Å². The molecule has 30 heavy (non-hydrogen) atoms. The fourth-order valence-corrected chi connectivity index (χ4v) is 3.55. The van der Waals surface area contributed by atoms with Crippen LogP contribution in [0.15, 0.2) is 46.4 Å². The topological polar surface area (TPSA) is 65.3 Å². The molecule has 6 heteroatoms. The average Bonchev–Trinajstić information content (AvgIpc) is 2.73. The van der Waals surface area contributed by atoms with Crippen LogP contribution >= 0.6 is 0 Å². The van der Waals surface area contributed by atoms with E-state index < -0.39 is 0 Å². The maximum Gasteiger partial charge on any atom is 0.194 e. The van der Waals surface area contributed by atoms with E-state index in [9.17, 15) is 9.59 Å². The van der Waals surface area contributed by atoms with E-state index in [0.29, 0.717) is 33.6 Å². The summed E-state index contributed by atoms with van der Waals surface area (Å²) < 4.78 is 0. The molecule has 1 aliphatic rings. The largest absolute Gasteiger partial charge is 0.366 e. The third-order valence-electron chi connectivity index (χ3n) is 5.17. The molecule has 0 bridgehead atoms. The molecule has 0 saturated carbocycles. The molecule has 1 aliphatic carbocycles. The summed E-state index contributed by atoms with van der Waals surface area (Å²) in [7, 11) is 7.75. The zero-order chi connectivity index (χ0) is 22.0. The highest BCUT2D eigenvalue weighted by Gasteiger charge is 2.30. The molecule has 0 atom stereocenters. The maximum absolute atomic E-state index is 13.1. The number of carbonyl (C=O) groups excluding carboxylic acids is 2. The maximum atomic E-state index is 13.1. The van der Waals surface area contributed by atoms with Crippen molar-refractivity contribution in [3.8, 4) is 0 Å². The number of aliphatic imine (C=N–C) groups is 2. The molecular formula is C24H28N4O2. The van der Waals surface area contributed by atoms with Gasteiger partial charge in [-0.05, 0) is 36.4 Å². The van der Waals surface area contributed by atoms with Crippen molar-refractivity contribution in [1.82, 2.24) is 9.80 Å². The Balaban J connectivity index is 2.04. The summed E-state index contributed by atoms with van der Waals surface area (Å²) >= 11 is 0. The Morgan fingerprint density at radius 1 is 0.667 bits per heavy atom. The molecule has 156 valence electrons. The van der Waals surface area contributed by atoms with E-state index in [-0.39, 0.29) is 11.6 Å². The smallest absolute Gasteiger partial charge is 0.194 e. The summed E-state index contributed by atoms with van der Waals surface area (Å²) in [6, 6.07) is 10.4. The fourth-order valence-electron chi connectivity index (χ4n) is 3.55. The highest BCUT2D eigenvalue weighted by atomic mass is 16.1. The zero-order valence-corrected chi connectivity index (χ0v) is 18.5. The van der Waals surface area contributed by atoms with Gasteiger partial charge in [0.25, 0.3) is 0 Å². The van der Waals surface area contributed by atoms with Crippen molar-refractivity contribution in [2.24, 2.45) is 9.98 Å². The molecule has 0 N–H and O–H groups in total. The van der Waals surface area contributed by atoms with Crippen molar-refractivity contribution >= 4 is 34.6 Å². The van der Waals surface area contributed by atoms with E-state index in [1.54, 1.807) is 36.4 Å². The van der Waals surface area contributed by atoms with E-state index in [0.717, 1.165) is 24.5 Å². The number of amidine groups is 2. The summed E-state index contributed by atoms with van der Waals surface area (Å²) in [6.07, 6.45) is 1.55. The normalized spacial score (nSPS) is 13.8. The van der Waals surface area contributed by atoms with E-state index in [2.05, 4.69) is 9.98 Å². The lowest BCUT2D eigenvalue weighted by Crippen LogP contribution is -2.22. The van der Waals surface area contributed by atoms with E-state index in [1.165, 1.54) is 0 Å². The van der Waals surface area contributed by atoms with Crippen LogP contribution in [0.5, 0.6) is 0 Å². The van der Waals surface area contributed by atoms with Crippen molar-refractivity contribution in [2.75, 3.05) is 28.2 Å². The number of carbonyl (C=O) groups is 2. The molecule has 6 nitrogen and oxygen atoms in total. The molecule has 0 heterocycles. The first kappa shape index (κ1) is 21.4. The zero-order valence-electron chi connectivity index (χ0n) is 18.5. The second-order valence-corrected chi connectivity index (χ2v) is 7.67. The van der Waals surface area contributed by atoms with Gasteiger partial charge in [0.05, 0.1) is 11.4 Å². The molecule has 3 rings (SSSR count). The molecule has 0 aliphatic heterocycles. The molecule has 2 aromatic rings. The monoisotopic (exact) mass is 404 g/mol. The van der Waals surface area contributed by atoms with Crippen LogP contribution in [0.2, 0.25) is 0 Å². The van der Waals surface area contributed by atoms with Crippen molar-refractivity contribution in [2.45, 2.75) is 26.7 Å². The average molecular weight is 405 g/mol. The molecule has 0 saturated heterocycles. The Hall–Kier alpha value is -3.28. The molecule has 0 amide bonds. The lowest BCUT2D eigenvalue weighted by Gasteiger charge is -2.19. The van der Waals surface area contributed by atoms with Gasteiger partial charge < -0.3 is 9.80 Å². The highest BCUT2D eigenvalue weighted by molar-refractivity contribution is 6.28. The summed E-state index contributed by atoms with van der Waals surface area (Å²) in [5.41, 5.74) is 2.98. The van der Waals surface area contributed by atoms with Crippen LogP contribution in [0.3, 0.4) is 0 Å². The van der Waals surface area contributed by atoms with Gasteiger partial charge >= 0.3 is 0 Å². The Morgan fingerprint density at radius 3 is 1.33 bits per heavy atom. The van der Waals surface area contributed by atoms with Gasteiger partial charge in [0.15, 0.2) is 11.6 Å². The van der Waals surface area contributed by atoms with E-state index in [1.807, 2.05) is 51.8 Å². The summed E-state index contributed by atoms with van der Waals surface area (Å²) in [4.78, 5) is 39.4. The highest BCUT2D eigenvalue weighted by Crippen LogP contribution is 2.32. The SMILES string of the molecule is CCC(=Nc1ccc2c(c1)C(=O)c1ccc(N=C(CC)N(C)C)cc1C2=O)N(C)C. The fraction of sp³-hybridized carbons (Fsp3) is 0.333. The van der Waals surface area contributed by atoms with Crippen LogP contribution in [0.25, 0.3) is 0 Å². The minimum absolute atomic E-state index is 0.154. The van der Waals surface area contributed by atoms with Crippen LogP contribution in [0.1, 0.15) is 58.5 Å². The molecule has 0 spiro atoms. The van der Waals surface area contributed by atoms with Gasteiger partial charge in [0.1, 0.15) is 11.7 Å². The molecule has 0 fully saturated rings. The quantitative estimate of drug-likeness (QED) is 0.475. The lowest BCUT2D eigenvalue weighted by molar-refractivity contribution is 0.0979. The van der Waals surface area contributed by atoms with Crippen LogP contribution < -0.4 is 0 Å². The van der Waals surface area contributed by atoms with Crippen molar-refractivity contribution < 1.29 is 9.59 Å². The van der Waals surface area contributed by atoms with Gasteiger partial charge in [-0.3, -0.25) is 9.59 Å².